The maximum Gasteiger partial charge on any atom is 0.251 e. The summed E-state index contributed by atoms with van der Waals surface area (Å²) in [5.41, 5.74) is 13.5. The molecule has 0 atom stereocenters. The van der Waals surface area contributed by atoms with Crippen molar-refractivity contribution in [2.75, 3.05) is 25.1 Å². The number of rotatable bonds is 5. The van der Waals surface area contributed by atoms with Crippen molar-refractivity contribution in [2.24, 2.45) is 0 Å². The van der Waals surface area contributed by atoms with Gasteiger partial charge in [-0.3, -0.25) is 4.79 Å². The number of carbonyl (C=O) groups excluding carboxylic acids is 1. The second kappa shape index (κ2) is 6.71. The van der Waals surface area contributed by atoms with Crippen molar-refractivity contribution in [3.05, 3.63) is 47.5 Å². The van der Waals surface area contributed by atoms with E-state index in [-0.39, 0.29) is 11.7 Å². The summed E-state index contributed by atoms with van der Waals surface area (Å²) in [4.78, 5) is 12.0. The van der Waals surface area contributed by atoms with E-state index in [4.69, 9.17) is 16.2 Å². The van der Waals surface area contributed by atoms with Crippen molar-refractivity contribution in [3.63, 3.8) is 0 Å². The molecule has 0 aliphatic rings. The van der Waals surface area contributed by atoms with Crippen LogP contribution in [0.1, 0.15) is 15.9 Å². The maximum absolute atomic E-state index is 12.0. The van der Waals surface area contributed by atoms with E-state index < -0.39 is 0 Å². The standard InChI is InChI=1S/C16H19N3O3/c1-22-15-5-2-10(8-14(15)20)6-7-19-16(21)11-3-4-12(17)13(18)9-11/h2-5,8-9,20H,6-7,17-18H2,1H3,(H,19,21). The molecule has 0 spiro atoms. The molecule has 2 aromatic carbocycles. The van der Waals surface area contributed by atoms with Crippen LogP contribution in [-0.4, -0.2) is 24.7 Å². The van der Waals surface area contributed by atoms with Crippen LogP contribution in [0.3, 0.4) is 0 Å². The summed E-state index contributed by atoms with van der Waals surface area (Å²) in [6.45, 7) is 0.439. The minimum absolute atomic E-state index is 0.0811. The van der Waals surface area contributed by atoms with Crippen LogP contribution in [0.4, 0.5) is 11.4 Å². The predicted octanol–water partition coefficient (Wildman–Crippen LogP) is 1.54. The summed E-state index contributed by atoms with van der Waals surface area (Å²) in [6, 6.07) is 9.92. The molecule has 0 heterocycles. The molecular formula is C16H19N3O3. The summed E-state index contributed by atoms with van der Waals surface area (Å²) in [7, 11) is 1.49. The highest BCUT2D eigenvalue weighted by atomic mass is 16.5. The van der Waals surface area contributed by atoms with Crippen molar-refractivity contribution < 1.29 is 14.6 Å². The molecule has 0 radical (unpaired) electrons. The van der Waals surface area contributed by atoms with Crippen LogP contribution in [0.2, 0.25) is 0 Å². The molecule has 0 aliphatic carbocycles. The monoisotopic (exact) mass is 301 g/mol. The molecule has 0 saturated heterocycles. The van der Waals surface area contributed by atoms with Crippen molar-refractivity contribution in [1.82, 2.24) is 5.32 Å². The third kappa shape index (κ3) is 3.60. The van der Waals surface area contributed by atoms with Gasteiger partial charge in [0.25, 0.3) is 5.91 Å². The lowest BCUT2D eigenvalue weighted by molar-refractivity contribution is 0.0954. The van der Waals surface area contributed by atoms with E-state index in [0.29, 0.717) is 35.7 Å². The lowest BCUT2D eigenvalue weighted by atomic mass is 10.1. The van der Waals surface area contributed by atoms with Crippen LogP contribution in [0.25, 0.3) is 0 Å². The Labute approximate surface area is 128 Å². The van der Waals surface area contributed by atoms with Gasteiger partial charge in [0.05, 0.1) is 18.5 Å². The minimum Gasteiger partial charge on any atom is -0.504 e. The van der Waals surface area contributed by atoms with E-state index in [2.05, 4.69) is 5.32 Å². The molecule has 6 N–H and O–H groups in total. The Morgan fingerprint density at radius 3 is 2.59 bits per heavy atom. The smallest absolute Gasteiger partial charge is 0.251 e. The molecule has 1 amide bonds. The number of nitrogens with one attached hydrogen (secondary N) is 1. The Morgan fingerprint density at radius 1 is 1.18 bits per heavy atom. The number of nitrogen functional groups attached to an aromatic ring is 2. The van der Waals surface area contributed by atoms with Gasteiger partial charge in [0.15, 0.2) is 11.5 Å². The Hall–Kier alpha value is -2.89. The average Bonchev–Trinajstić information content (AvgIpc) is 2.50. The van der Waals surface area contributed by atoms with Gasteiger partial charge < -0.3 is 26.6 Å². The van der Waals surface area contributed by atoms with Gasteiger partial charge in [-0.1, -0.05) is 6.07 Å². The van der Waals surface area contributed by atoms with Gasteiger partial charge >= 0.3 is 0 Å². The number of carbonyl (C=O) groups is 1. The van der Waals surface area contributed by atoms with Crippen LogP contribution < -0.4 is 21.5 Å². The second-order valence-electron chi connectivity index (χ2n) is 4.86. The Morgan fingerprint density at radius 2 is 1.95 bits per heavy atom. The summed E-state index contributed by atoms with van der Waals surface area (Å²) >= 11 is 0. The van der Waals surface area contributed by atoms with E-state index in [0.717, 1.165) is 5.56 Å². The fraction of sp³-hybridized carbons (Fsp3) is 0.188. The lowest BCUT2D eigenvalue weighted by Crippen LogP contribution is -2.25. The zero-order valence-electron chi connectivity index (χ0n) is 12.3. The van der Waals surface area contributed by atoms with E-state index in [1.807, 2.05) is 6.07 Å². The number of ether oxygens (including phenoxy) is 1. The number of phenols is 1. The first kappa shape index (κ1) is 15.5. The third-order valence-electron chi connectivity index (χ3n) is 3.29. The molecule has 0 fully saturated rings. The SMILES string of the molecule is COc1ccc(CCNC(=O)c2ccc(N)c(N)c2)cc1O. The molecule has 0 aromatic heterocycles. The zero-order chi connectivity index (χ0) is 16.1. The summed E-state index contributed by atoms with van der Waals surface area (Å²) in [6.07, 6.45) is 0.591. The van der Waals surface area contributed by atoms with Crippen LogP contribution in [0.5, 0.6) is 11.5 Å². The Kier molecular flexibility index (Phi) is 4.73. The first-order chi connectivity index (χ1) is 10.5. The molecule has 0 aliphatic heterocycles. The van der Waals surface area contributed by atoms with Crippen molar-refractivity contribution in [2.45, 2.75) is 6.42 Å². The Balaban J connectivity index is 1.91. The number of phenolic OH excluding ortho intramolecular Hbond substituents is 1. The molecule has 22 heavy (non-hydrogen) atoms. The number of aromatic hydroxyl groups is 1. The van der Waals surface area contributed by atoms with Crippen molar-refractivity contribution in [1.29, 1.82) is 0 Å². The van der Waals surface area contributed by atoms with Crippen molar-refractivity contribution in [3.8, 4) is 11.5 Å². The number of hydrogen-bond acceptors (Lipinski definition) is 5. The average molecular weight is 301 g/mol. The van der Waals surface area contributed by atoms with Gasteiger partial charge in [-0.15, -0.1) is 0 Å². The topological polar surface area (TPSA) is 111 Å². The fourth-order valence-electron chi connectivity index (χ4n) is 2.03. The van der Waals surface area contributed by atoms with E-state index in [1.165, 1.54) is 7.11 Å². The van der Waals surface area contributed by atoms with E-state index >= 15 is 0 Å². The van der Waals surface area contributed by atoms with Gasteiger partial charge in [-0.25, -0.2) is 0 Å². The number of benzene rings is 2. The maximum atomic E-state index is 12.0. The molecule has 2 rings (SSSR count). The number of hydrogen-bond donors (Lipinski definition) is 4. The second-order valence-corrected chi connectivity index (χ2v) is 4.86. The van der Waals surface area contributed by atoms with Crippen molar-refractivity contribution >= 4 is 17.3 Å². The highest BCUT2D eigenvalue weighted by Crippen LogP contribution is 2.26. The molecule has 0 bridgehead atoms. The largest absolute Gasteiger partial charge is 0.504 e. The number of methoxy groups -OCH3 is 1. The van der Waals surface area contributed by atoms with Gasteiger partial charge in [0, 0.05) is 12.1 Å². The summed E-state index contributed by atoms with van der Waals surface area (Å²) in [5.74, 6) is 0.284. The van der Waals surface area contributed by atoms with Crippen LogP contribution in [-0.2, 0) is 6.42 Å². The first-order valence-corrected chi connectivity index (χ1v) is 6.80. The van der Waals surface area contributed by atoms with Gasteiger partial charge in [-0.05, 0) is 42.3 Å². The van der Waals surface area contributed by atoms with Gasteiger partial charge in [0.1, 0.15) is 0 Å². The zero-order valence-corrected chi connectivity index (χ0v) is 12.3. The molecular weight excluding hydrogens is 282 g/mol. The lowest BCUT2D eigenvalue weighted by Gasteiger charge is -2.08. The number of nitrogens with two attached hydrogens (primary N) is 2. The van der Waals surface area contributed by atoms with Gasteiger partial charge in [-0.2, -0.15) is 0 Å². The van der Waals surface area contributed by atoms with Gasteiger partial charge in [0.2, 0.25) is 0 Å². The third-order valence-corrected chi connectivity index (χ3v) is 3.29. The molecule has 0 unspecified atom stereocenters. The molecule has 116 valence electrons. The van der Waals surface area contributed by atoms with Crippen LogP contribution in [0.15, 0.2) is 36.4 Å². The summed E-state index contributed by atoms with van der Waals surface area (Å²) in [5, 5.41) is 12.5. The highest BCUT2D eigenvalue weighted by Gasteiger charge is 2.07. The molecule has 0 saturated carbocycles. The highest BCUT2D eigenvalue weighted by molar-refractivity contribution is 5.95. The quantitative estimate of drug-likeness (QED) is 0.626. The van der Waals surface area contributed by atoms with Crippen LogP contribution in [0, 0.1) is 0 Å². The molecule has 6 heteroatoms. The van der Waals surface area contributed by atoms with E-state index in [9.17, 15) is 9.90 Å². The molecule has 6 nitrogen and oxygen atoms in total. The summed E-state index contributed by atoms with van der Waals surface area (Å²) < 4.78 is 4.98. The predicted molar refractivity (Wildman–Crippen MR) is 86.0 cm³/mol. The number of anilines is 2. The first-order valence-electron chi connectivity index (χ1n) is 6.80. The fourth-order valence-corrected chi connectivity index (χ4v) is 2.03. The normalized spacial score (nSPS) is 10.2. The Bertz CT molecular complexity index is 686. The van der Waals surface area contributed by atoms with Crippen LogP contribution >= 0.6 is 0 Å². The number of amides is 1. The van der Waals surface area contributed by atoms with E-state index in [1.54, 1.807) is 30.3 Å². The molecule has 2 aromatic rings. The minimum atomic E-state index is -0.218.